The number of rotatable bonds is 8. The molecule has 2 rings (SSSR count). The molecule has 0 saturated carbocycles. The number of nitrogens with one attached hydrogen (secondary N) is 3. The van der Waals surface area contributed by atoms with Crippen molar-refractivity contribution in [3.05, 3.63) is 35.2 Å². The smallest absolute Gasteiger partial charge is 0.250 e. The number of H-pyrrole nitrogens is 1. The van der Waals surface area contributed by atoms with Crippen LogP contribution in [0.3, 0.4) is 0 Å². The Morgan fingerprint density at radius 2 is 2.24 bits per heavy atom. The number of imidazole rings is 1. The Labute approximate surface area is 129 Å². The van der Waals surface area contributed by atoms with E-state index in [4.69, 9.17) is 0 Å². The molecule has 0 aliphatic carbocycles. The zero-order valence-electron chi connectivity index (χ0n) is 12.1. The number of aromatic nitrogens is 2. The number of hydrogen-bond acceptors (Lipinski definition) is 5. The summed E-state index contributed by atoms with van der Waals surface area (Å²) >= 11 is 1.24. The molecule has 0 amide bonds. The van der Waals surface area contributed by atoms with Gasteiger partial charge in [-0.2, -0.15) is 0 Å². The molecule has 0 atom stereocenters. The first kappa shape index (κ1) is 16.2. The zero-order chi connectivity index (χ0) is 15.3. The molecule has 116 valence electrons. The van der Waals surface area contributed by atoms with Gasteiger partial charge in [0.2, 0.25) is 10.0 Å². The minimum Gasteiger partial charge on any atom is -0.349 e. The Balaban J connectivity index is 1.89. The quantitative estimate of drug-likeness (QED) is 0.685. The molecule has 0 fully saturated rings. The Bertz CT molecular complexity index is 648. The van der Waals surface area contributed by atoms with Crippen molar-refractivity contribution in [1.82, 2.24) is 20.0 Å². The predicted octanol–water partition coefficient (Wildman–Crippen LogP) is 1.49. The molecular formula is C13H20N4O2S2. The topological polar surface area (TPSA) is 86.9 Å². The fourth-order valence-electron chi connectivity index (χ4n) is 1.72. The molecule has 0 unspecified atom stereocenters. The summed E-state index contributed by atoms with van der Waals surface area (Å²) < 4.78 is 27.3. The van der Waals surface area contributed by atoms with Crippen molar-refractivity contribution < 1.29 is 8.42 Å². The molecule has 2 aromatic heterocycles. The molecule has 6 nitrogen and oxygen atoms in total. The van der Waals surface area contributed by atoms with Gasteiger partial charge in [0.1, 0.15) is 10.0 Å². The van der Waals surface area contributed by atoms with Gasteiger partial charge in [-0.05, 0) is 17.0 Å². The largest absolute Gasteiger partial charge is 0.349 e. The zero-order valence-corrected chi connectivity index (χ0v) is 13.7. The second-order valence-corrected chi connectivity index (χ2v) is 7.90. The van der Waals surface area contributed by atoms with Gasteiger partial charge in [0.15, 0.2) is 0 Å². The maximum absolute atomic E-state index is 12.2. The monoisotopic (exact) mass is 328 g/mol. The molecule has 0 saturated heterocycles. The van der Waals surface area contributed by atoms with Crippen LogP contribution in [0.5, 0.6) is 0 Å². The average Bonchev–Trinajstić information content (AvgIpc) is 3.07. The van der Waals surface area contributed by atoms with E-state index in [1.165, 1.54) is 11.3 Å². The molecule has 3 N–H and O–H groups in total. The normalized spacial score (nSPS) is 12.1. The lowest BCUT2D eigenvalue weighted by Crippen LogP contribution is -2.25. The fraction of sp³-hybridized carbons (Fsp3) is 0.462. The van der Waals surface area contributed by atoms with Crippen LogP contribution in [0.1, 0.15) is 25.2 Å². The van der Waals surface area contributed by atoms with Crippen molar-refractivity contribution >= 4 is 21.4 Å². The molecule has 0 spiro atoms. The van der Waals surface area contributed by atoms with E-state index in [0.717, 1.165) is 11.4 Å². The van der Waals surface area contributed by atoms with Gasteiger partial charge >= 0.3 is 0 Å². The molecule has 0 radical (unpaired) electrons. The molecule has 2 heterocycles. The van der Waals surface area contributed by atoms with Crippen LogP contribution in [-0.4, -0.2) is 31.0 Å². The van der Waals surface area contributed by atoms with Crippen LogP contribution in [0.2, 0.25) is 0 Å². The van der Waals surface area contributed by atoms with Crippen molar-refractivity contribution in [2.24, 2.45) is 0 Å². The van der Waals surface area contributed by atoms with E-state index in [-0.39, 0.29) is 0 Å². The molecule has 0 aliphatic heterocycles. The van der Waals surface area contributed by atoms with Gasteiger partial charge in [0, 0.05) is 37.9 Å². The highest BCUT2D eigenvalue weighted by Gasteiger charge is 2.16. The van der Waals surface area contributed by atoms with Crippen molar-refractivity contribution in [1.29, 1.82) is 0 Å². The Kier molecular flexibility index (Phi) is 5.51. The molecule has 8 heteroatoms. The minimum atomic E-state index is -3.43. The van der Waals surface area contributed by atoms with Crippen molar-refractivity contribution in [2.45, 2.75) is 37.1 Å². The van der Waals surface area contributed by atoms with E-state index in [1.54, 1.807) is 18.5 Å². The lowest BCUT2D eigenvalue weighted by Gasteiger charge is -2.05. The van der Waals surface area contributed by atoms with Crippen LogP contribution in [-0.2, 0) is 23.0 Å². The first-order valence-electron chi connectivity index (χ1n) is 6.76. The van der Waals surface area contributed by atoms with Gasteiger partial charge in [0.25, 0.3) is 0 Å². The van der Waals surface area contributed by atoms with Crippen LogP contribution in [0, 0.1) is 0 Å². The molecule has 21 heavy (non-hydrogen) atoms. The van der Waals surface area contributed by atoms with Gasteiger partial charge in [-0.1, -0.05) is 13.8 Å². The van der Waals surface area contributed by atoms with E-state index in [9.17, 15) is 8.42 Å². The van der Waals surface area contributed by atoms with Crippen LogP contribution in [0.15, 0.2) is 28.0 Å². The Hall–Kier alpha value is -1.22. The third-order valence-electron chi connectivity index (χ3n) is 2.82. The number of sulfonamides is 1. The average molecular weight is 328 g/mol. The highest BCUT2D eigenvalue weighted by molar-refractivity contribution is 7.91. The summed E-state index contributed by atoms with van der Waals surface area (Å²) in [6.07, 6.45) is 3.91. The maximum Gasteiger partial charge on any atom is 0.250 e. The molecule has 2 aromatic rings. The van der Waals surface area contributed by atoms with E-state index < -0.39 is 10.0 Å². The van der Waals surface area contributed by atoms with Crippen LogP contribution in [0.25, 0.3) is 0 Å². The van der Waals surface area contributed by atoms with Gasteiger partial charge < -0.3 is 10.3 Å². The molecule has 0 aromatic carbocycles. The predicted molar refractivity (Wildman–Crippen MR) is 83.8 cm³/mol. The summed E-state index contributed by atoms with van der Waals surface area (Å²) in [5.41, 5.74) is 0.986. The summed E-state index contributed by atoms with van der Waals surface area (Å²) in [5, 5.41) is 5.14. The third kappa shape index (κ3) is 4.92. The van der Waals surface area contributed by atoms with Gasteiger partial charge in [0.05, 0.1) is 0 Å². The van der Waals surface area contributed by atoms with Crippen LogP contribution in [0.4, 0.5) is 0 Å². The Morgan fingerprint density at radius 1 is 1.43 bits per heavy atom. The highest BCUT2D eigenvalue weighted by Crippen LogP contribution is 2.20. The van der Waals surface area contributed by atoms with Crippen LogP contribution >= 0.6 is 11.3 Å². The summed E-state index contributed by atoms with van der Waals surface area (Å²) in [6, 6.07) is 2.09. The molecule has 0 aliphatic rings. The number of thiophene rings is 1. The van der Waals surface area contributed by atoms with Gasteiger partial charge in [-0.15, -0.1) is 11.3 Å². The minimum absolute atomic E-state index is 0.327. The standard InChI is InChI=1S/C13H20N4O2S2/c1-10(2)16-8-11-7-13(20-9-11)21(18,19)17-4-3-12-14-5-6-15-12/h5-7,9-10,16-17H,3-4,8H2,1-2H3,(H,14,15). The number of aromatic amines is 1. The molecular weight excluding hydrogens is 308 g/mol. The molecule has 0 bridgehead atoms. The summed E-state index contributed by atoms with van der Waals surface area (Å²) in [4.78, 5) is 7.00. The number of hydrogen-bond donors (Lipinski definition) is 3. The maximum atomic E-state index is 12.2. The SMILES string of the molecule is CC(C)NCc1csc(S(=O)(=O)NCCc2ncc[nH]2)c1. The Morgan fingerprint density at radius 3 is 2.90 bits per heavy atom. The highest BCUT2D eigenvalue weighted by atomic mass is 32.2. The fourth-order valence-corrected chi connectivity index (χ4v) is 4.00. The van der Waals surface area contributed by atoms with Crippen molar-refractivity contribution in [2.75, 3.05) is 6.54 Å². The van der Waals surface area contributed by atoms with Crippen LogP contribution < -0.4 is 10.0 Å². The first-order chi connectivity index (χ1) is 9.97. The lowest BCUT2D eigenvalue weighted by atomic mass is 10.3. The summed E-state index contributed by atoms with van der Waals surface area (Å²) in [5.74, 6) is 0.769. The van der Waals surface area contributed by atoms with E-state index in [1.807, 2.05) is 5.38 Å². The third-order valence-corrected chi connectivity index (χ3v) is 5.77. The second kappa shape index (κ2) is 7.17. The second-order valence-electron chi connectivity index (χ2n) is 4.99. The van der Waals surface area contributed by atoms with E-state index in [0.29, 0.717) is 29.8 Å². The van der Waals surface area contributed by atoms with Crippen molar-refractivity contribution in [3.63, 3.8) is 0 Å². The summed E-state index contributed by atoms with van der Waals surface area (Å²) in [6.45, 7) is 5.11. The lowest BCUT2D eigenvalue weighted by molar-refractivity contribution is 0.581. The first-order valence-corrected chi connectivity index (χ1v) is 9.12. The van der Waals surface area contributed by atoms with E-state index in [2.05, 4.69) is 33.9 Å². The summed E-state index contributed by atoms with van der Waals surface area (Å²) in [7, 11) is -3.43. The van der Waals surface area contributed by atoms with Gasteiger partial charge in [-0.3, -0.25) is 0 Å². The van der Waals surface area contributed by atoms with Gasteiger partial charge in [-0.25, -0.2) is 18.1 Å². The number of nitrogens with zero attached hydrogens (tertiary/aromatic N) is 1. The van der Waals surface area contributed by atoms with E-state index >= 15 is 0 Å². The van der Waals surface area contributed by atoms with Crippen molar-refractivity contribution in [3.8, 4) is 0 Å².